The number of benzene rings is 1. The number of carbonyl (C=O) groups excluding carboxylic acids is 3. The number of aromatic amines is 1. The van der Waals surface area contributed by atoms with Crippen molar-refractivity contribution in [2.24, 2.45) is 11.0 Å². The van der Waals surface area contributed by atoms with E-state index in [1.807, 2.05) is 24.3 Å². The molecular formula is C21H25N5O3. The predicted molar refractivity (Wildman–Crippen MR) is 109 cm³/mol. The van der Waals surface area contributed by atoms with Crippen molar-refractivity contribution in [1.29, 1.82) is 0 Å². The molecule has 8 nitrogen and oxygen atoms in total. The Bertz CT molecular complexity index is 993. The Labute approximate surface area is 168 Å². The molecule has 1 fully saturated rings. The number of para-hydroxylation sites is 1. The lowest BCUT2D eigenvalue weighted by molar-refractivity contribution is -0.157. The van der Waals surface area contributed by atoms with Crippen molar-refractivity contribution in [1.82, 2.24) is 20.2 Å². The minimum absolute atomic E-state index is 0.152. The van der Waals surface area contributed by atoms with Crippen LogP contribution in [0.4, 0.5) is 0 Å². The van der Waals surface area contributed by atoms with Crippen LogP contribution in [0, 0.1) is 5.92 Å². The zero-order chi connectivity index (χ0) is 20.5. The maximum Gasteiger partial charge on any atom is 0.266 e. The molecule has 0 radical (unpaired) electrons. The molecule has 29 heavy (non-hydrogen) atoms. The van der Waals surface area contributed by atoms with Crippen molar-refractivity contribution in [2.45, 2.75) is 39.3 Å². The van der Waals surface area contributed by atoms with Gasteiger partial charge >= 0.3 is 0 Å². The van der Waals surface area contributed by atoms with Crippen LogP contribution < -0.4 is 5.32 Å². The van der Waals surface area contributed by atoms with Crippen LogP contribution >= 0.6 is 0 Å². The summed E-state index contributed by atoms with van der Waals surface area (Å²) in [7, 11) is 0. The number of nitrogens with one attached hydrogen (secondary N) is 2. The number of piperazine rings is 1. The lowest BCUT2D eigenvalue weighted by Gasteiger charge is -2.40. The molecule has 2 aliphatic heterocycles. The quantitative estimate of drug-likeness (QED) is 0.749. The summed E-state index contributed by atoms with van der Waals surface area (Å²) in [6.45, 7) is 4.93. The van der Waals surface area contributed by atoms with Gasteiger partial charge in [0.1, 0.15) is 18.8 Å². The molecule has 8 heteroatoms. The molecule has 152 valence electrons. The van der Waals surface area contributed by atoms with Crippen molar-refractivity contribution < 1.29 is 14.4 Å². The minimum atomic E-state index is -0.593. The summed E-state index contributed by atoms with van der Waals surface area (Å²) in [4.78, 5) is 42.5. The lowest BCUT2D eigenvalue weighted by atomic mass is 9.94. The molecule has 2 aliphatic rings. The highest BCUT2D eigenvalue weighted by molar-refractivity contribution is 6.26. The molecule has 0 aliphatic carbocycles. The van der Waals surface area contributed by atoms with Gasteiger partial charge in [0.25, 0.3) is 11.8 Å². The van der Waals surface area contributed by atoms with Gasteiger partial charge in [-0.25, -0.2) is 5.01 Å². The summed E-state index contributed by atoms with van der Waals surface area (Å²) in [6.07, 6.45) is 2.39. The molecule has 2 N–H and O–H groups in total. The maximum atomic E-state index is 13.0. The highest BCUT2D eigenvalue weighted by Crippen LogP contribution is 2.32. The third kappa shape index (κ3) is 3.74. The molecule has 3 amide bonds. The van der Waals surface area contributed by atoms with Crippen LogP contribution in [0.2, 0.25) is 0 Å². The Morgan fingerprint density at radius 3 is 2.90 bits per heavy atom. The van der Waals surface area contributed by atoms with E-state index in [2.05, 4.69) is 29.2 Å². The average Bonchev–Trinajstić information content (AvgIpc) is 3.06. The first-order chi connectivity index (χ1) is 13.9. The molecule has 0 spiro atoms. The Morgan fingerprint density at radius 1 is 1.31 bits per heavy atom. The molecule has 0 bridgehead atoms. The van der Waals surface area contributed by atoms with E-state index in [1.165, 1.54) is 0 Å². The number of rotatable bonds is 5. The predicted octanol–water partition coefficient (Wildman–Crippen LogP) is 1.41. The molecule has 3 heterocycles. The van der Waals surface area contributed by atoms with Crippen LogP contribution in [0.25, 0.3) is 10.9 Å². The van der Waals surface area contributed by atoms with E-state index >= 15 is 0 Å². The third-order valence-electron chi connectivity index (χ3n) is 5.48. The number of aromatic nitrogens is 1. The second kappa shape index (κ2) is 7.69. The van der Waals surface area contributed by atoms with Gasteiger partial charge in [-0.3, -0.25) is 14.4 Å². The topological polar surface area (TPSA) is 97.9 Å². The number of amides is 3. The smallest absolute Gasteiger partial charge is 0.266 e. The fraction of sp³-hybridized carbons (Fsp3) is 0.429. The molecule has 1 aromatic heterocycles. The second-order valence-corrected chi connectivity index (χ2v) is 7.98. The summed E-state index contributed by atoms with van der Waals surface area (Å²) in [5.74, 6) is -0.306. The van der Waals surface area contributed by atoms with Crippen LogP contribution in [0.3, 0.4) is 0 Å². The Morgan fingerprint density at radius 2 is 2.10 bits per heavy atom. The van der Waals surface area contributed by atoms with E-state index < -0.39 is 6.04 Å². The van der Waals surface area contributed by atoms with E-state index in [-0.39, 0.29) is 24.3 Å². The summed E-state index contributed by atoms with van der Waals surface area (Å²) >= 11 is 0. The van der Waals surface area contributed by atoms with Crippen molar-refractivity contribution in [3.8, 4) is 0 Å². The van der Waals surface area contributed by atoms with E-state index in [0.29, 0.717) is 25.4 Å². The number of hydrogen-bond donors (Lipinski definition) is 2. The molecule has 0 unspecified atom stereocenters. The van der Waals surface area contributed by atoms with Gasteiger partial charge in [-0.1, -0.05) is 32.0 Å². The van der Waals surface area contributed by atoms with E-state index in [0.717, 1.165) is 39.8 Å². The van der Waals surface area contributed by atoms with Crippen molar-refractivity contribution in [3.63, 3.8) is 0 Å². The second-order valence-electron chi connectivity index (χ2n) is 7.98. The number of carbonyl (C=O) groups is 3. The number of hydrogen-bond acceptors (Lipinski definition) is 4. The molecule has 1 saturated heterocycles. The SMILES string of the molecule is CC(C)CCNC(=O)C=NN1CC(=O)N2Cc3[nH]c4ccccc4c3C[C@H]2C1=O. The number of hydrazone groups is 1. The first-order valence-corrected chi connectivity index (χ1v) is 9.95. The molecule has 4 rings (SSSR count). The summed E-state index contributed by atoms with van der Waals surface area (Å²) in [5, 5.41) is 8.93. The fourth-order valence-corrected chi connectivity index (χ4v) is 3.91. The van der Waals surface area contributed by atoms with Gasteiger partial charge < -0.3 is 15.2 Å². The molecule has 0 saturated carbocycles. The average molecular weight is 395 g/mol. The van der Waals surface area contributed by atoms with Crippen molar-refractivity contribution >= 4 is 34.8 Å². The summed E-state index contributed by atoms with van der Waals surface area (Å²) in [6, 6.07) is 7.34. The van der Waals surface area contributed by atoms with E-state index in [1.54, 1.807) is 4.90 Å². The highest BCUT2D eigenvalue weighted by Gasteiger charge is 2.43. The largest absolute Gasteiger partial charge is 0.357 e. The van der Waals surface area contributed by atoms with Gasteiger partial charge in [-0.15, -0.1) is 0 Å². The molecule has 1 atom stereocenters. The number of nitrogens with zero attached hydrogens (tertiary/aromatic N) is 3. The van der Waals surface area contributed by atoms with Gasteiger partial charge in [0.05, 0.1) is 6.54 Å². The first kappa shape index (κ1) is 19.2. The summed E-state index contributed by atoms with van der Waals surface area (Å²) in [5.41, 5.74) is 3.05. The molecule has 1 aromatic carbocycles. The van der Waals surface area contributed by atoms with Crippen LogP contribution in [-0.4, -0.2) is 58.0 Å². The molecular weight excluding hydrogens is 370 g/mol. The fourth-order valence-electron chi connectivity index (χ4n) is 3.91. The van der Waals surface area contributed by atoms with Crippen LogP contribution in [-0.2, 0) is 27.3 Å². The first-order valence-electron chi connectivity index (χ1n) is 9.95. The third-order valence-corrected chi connectivity index (χ3v) is 5.48. The zero-order valence-corrected chi connectivity index (χ0v) is 16.6. The summed E-state index contributed by atoms with van der Waals surface area (Å²) < 4.78 is 0. The standard InChI is InChI=1S/C21H25N5O3/c1-13(2)7-8-22-19(27)10-23-26-12-20(28)25-11-17-15(9-18(25)21(26)29)14-5-3-4-6-16(14)24-17/h3-6,10,13,18,24H,7-9,11-12H2,1-2H3,(H,22,27)/t18-/m0/s1. The van der Waals surface area contributed by atoms with Gasteiger partial charge in [0, 0.05) is 29.6 Å². The van der Waals surface area contributed by atoms with Crippen LogP contribution in [0.1, 0.15) is 31.5 Å². The van der Waals surface area contributed by atoms with Gasteiger partial charge in [0.2, 0.25) is 5.91 Å². The van der Waals surface area contributed by atoms with Crippen LogP contribution in [0.15, 0.2) is 29.4 Å². The Hall–Kier alpha value is -3.16. The molecule has 2 aromatic rings. The lowest BCUT2D eigenvalue weighted by Crippen LogP contribution is -2.60. The Kier molecular flexibility index (Phi) is 5.08. The van der Waals surface area contributed by atoms with Crippen molar-refractivity contribution in [3.05, 3.63) is 35.5 Å². The van der Waals surface area contributed by atoms with Crippen molar-refractivity contribution in [2.75, 3.05) is 13.1 Å². The normalized spacial score (nSPS) is 19.2. The zero-order valence-electron chi connectivity index (χ0n) is 16.6. The van der Waals surface area contributed by atoms with Gasteiger partial charge in [0.15, 0.2) is 0 Å². The highest BCUT2D eigenvalue weighted by atomic mass is 16.2. The van der Waals surface area contributed by atoms with E-state index in [4.69, 9.17) is 0 Å². The minimum Gasteiger partial charge on any atom is -0.357 e. The number of fused-ring (bicyclic) bond motifs is 4. The monoisotopic (exact) mass is 395 g/mol. The van der Waals surface area contributed by atoms with Gasteiger partial charge in [-0.2, -0.15) is 5.10 Å². The maximum absolute atomic E-state index is 13.0. The number of H-pyrrole nitrogens is 1. The van der Waals surface area contributed by atoms with E-state index in [9.17, 15) is 14.4 Å². The Balaban J connectivity index is 1.49. The van der Waals surface area contributed by atoms with Gasteiger partial charge in [-0.05, 0) is 24.0 Å². The van der Waals surface area contributed by atoms with Crippen LogP contribution in [0.5, 0.6) is 0 Å².